The van der Waals surface area contributed by atoms with E-state index in [2.05, 4.69) is 46.9 Å². The standard InChI is InChI=1S/C15H19IO2/c1-17-13-9-7-12(8-10-13)15(11-16)18-14-5-3-2-4-6-14/h3,5,7-10,14-15H,2,4,6,11H2,1H3. The van der Waals surface area contributed by atoms with Crippen molar-refractivity contribution in [2.24, 2.45) is 0 Å². The maximum Gasteiger partial charge on any atom is 0.118 e. The molecule has 2 rings (SSSR count). The number of alkyl halides is 1. The van der Waals surface area contributed by atoms with Crippen molar-refractivity contribution in [2.45, 2.75) is 31.5 Å². The molecule has 18 heavy (non-hydrogen) atoms. The van der Waals surface area contributed by atoms with Crippen LogP contribution in [0.2, 0.25) is 0 Å². The van der Waals surface area contributed by atoms with Crippen LogP contribution in [-0.4, -0.2) is 17.6 Å². The lowest BCUT2D eigenvalue weighted by Crippen LogP contribution is -2.17. The lowest BCUT2D eigenvalue weighted by Gasteiger charge is -2.23. The maximum atomic E-state index is 6.17. The van der Waals surface area contributed by atoms with E-state index >= 15 is 0 Å². The van der Waals surface area contributed by atoms with Gasteiger partial charge in [0.05, 0.1) is 19.3 Å². The van der Waals surface area contributed by atoms with Crippen LogP contribution in [0.25, 0.3) is 0 Å². The number of ether oxygens (including phenoxy) is 2. The summed E-state index contributed by atoms with van der Waals surface area (Å²) in [6.07, 6.45) is 8.44. The Hall–Kier alpha value is -0.550. The fraction of sp³-hybridized carbons (Fsp3) is 0.467. The Morgan fingerprint density at radius 1 is 1.33 bits per heavy atom. The van der Waals surface area contributed by atoms with Gasteiger partial charge in [-0.2, -0.15) is 0 Å². The molecule has 0 spiro atoms. The lowest BCUT2D eigenvalue weighted by atomic mass is 10.0. The summed E-state index contributed by atoms with van der Waals surface area (Å²) >= 11 is 2.39. The zero-order valence-corrected chi connectivity index (χ0v) is 12.8. The molecule has 2 nitrogen and oxygen atoms in total. The Balaban J connectivity index is 2.02. The molecule has 3 heteroatoms. The summed E-state index contributed by atoms with van der Waals surface area (Å²) in [5, 5.41) is 0. The average molecular weight is 358 g/mol. The van der Waals surface area contributed by atoms with E-state index in [9.17, 15) is 0 Å². The van der Waals surface area contributed by atoms with Crippen molar-refractivity contribution in [1.82, 2.24) is 0 Å². The van der Waals surface area contributed by atoms with Crippen molar-refractivity contribution < 1.29 is 9.47 Å². The number of allylic oxidation sites excluding steroid dienone is 1. The normalized spacial score (nSPS) is 20.7. The molecule has 0 aromatic heterocycles. The fourth-order valence-corrected chi connectivity index (χ4v) is 2.84. The maximum absolute atomic E-state index is 6.17. The van der Waals surface area contributed by atoms with Crippen LogP contribution in [0.3, 0.4) is 0 Å². The van der Waals surface area contributed by atoms with Crippen molar-refractivity contribution in [2.75, 3.05) is 11.5 Å². The monoisotopic (exact) mass is 358 g/mol. The minimum absolute atomic E-state index is 0.171. The third kappa shape index (κ3) is 3.72. The SMILES string of the molecule is COc1ccc(C(CI)OC2C=CCCC2)cc1. The number of halogens is 1. The number of rotatable bonds is 5. The molecular weight excluding hydrogens is 339 g/mol. The van der Waals surface area contributed by atoms with Crippen LogP contribution in [0.5, 0.6) is 5.75 Å². The fourth-order valence-electron chi connectivity index (χ4n) is 2.13. The molecule has 2 unspecified atom stereocenters. The first-order valence-corrected chi connectivity index (χ1v) is 7.88. The summed E-state index contributed by atoms with van der Waals surface area (Å²) in [4.78, 5) is 0. The molecular formula is C15H19IO2. The molecule has 0 heterocycles. The Bertz CT molecular complexity index is 386. The highest BCUT2D eigenvalue weighted by molar-refractivity contribution is 14.1. The van der Waals surface area contributed by atoms with Crippen LogP contribution in [0, 0.1) is 0 Å². The summed E-state index contributed by atoms with van der Waals surface area (Å²) in [6.45, 7) is 0. The van der Waals surface area contributed by atoms with E-state index in [4.69, 9.17) is 9.47 Å². The van der Waals surface area contributed by atoms with Crippen molar-refractivity contribution in [3.05, 3.63) is 42.0 Å². The number of benzene rings is 1. The van der Waals surface area contributed by atoms with Gasteiger partial charge in [-0.3, -0.25) is 0 Å². The second kappa shape index (κ2) is 7.14. The lowest BCUT2D eigenvalue weighted by molar-refractivity contribution is 0.0205. The predicted octanol–water partition coefficient (Wildman–Crippen LogP) is 4.30. The molecule has 1 aliphatic rings. The topological polar surface area (TPSA) is 18.5 Å². The molecule has 1 aliphatic carbocycles. The number of hydrogen-bond donors (Lipinski definition) is 0. The van der Waals surface area contributed by atoms with Crippen LogP contribution in [0.15, 0.2) is 36.4 Å². The summed E-state index contributed by atoms with van der Waals surface area (Å²) in [5.41, 5.74) is 1.23. The summed E-state index contributed by atoms with van der Waals surface area (Å²) in [5.74, 6) is 0.892. The quantitative estimate of drug-likeness (QED) is 0.444. The highest BCUT2D eigenvalue weighted by atomic mass is 127. The Morgan fingerprint density at radius 2 is 2.11 bits per heavy atom. The molecule has 0 amide bonds. The van der Waals surface area contributed by atoms with Gasteiger partial charge in [0.25, 0.3) is 0 Å². The van der Waals surface area contributed by atoms with E-state index in [0.717, 1.165) is 16.6 Å². The second-order valence-electron chi connectivity index (χ2n) is 4.45. The Kier molecular flexibility index (Phi) is 5.50. The van der Waals surface area contributed by atoms with E-state index in [1.54, 1.807) is 7.11 Å². The van der Waals surface area contributed by atoms with Gasteiger partial charge in [0.15, 0.2) is 0 Å². The smallest absolute Gasteiger partial charge is 0.118 e. The minimum atomic E-state index is 0.171. The van der Waals surface area contributed by atoms with Crippen LogP contribution >= 0.6 is 22.6 Å². The van der Waals surface area contributed by atoms with Gasteiger partial charge >= 0.3 is 0 Å². The summed E-state index contributed by atoms with van der Waals surface area (Å²) in [6, 6.07) is 8.17. The summed E-state index contributed by atoms with van der Waals surface area (Å²) in [7, 11) is 1.69. The third-order valence-electron chi connectivity index (χ3n) is 3.18. The van der Waals surface area contributed by atoms with Gasteiger partial charge in [-0.15, -0.1) is 0 Å². The van der Waals surface area contributed by atoms with E-state index in [1.165, 1.54) is 18.4 Å². The van der Waals surface area contributed by atoms with Crippen LogP contribution < -0.4 is 4.74 Å². The van der Waals surface area contributed by atoms with E-state index in [1.807, 2.05) is 12.1 Å². The van der Waals surface area contributed by atoms with E-state index in [0.29, 0.717) is 0 Å². The first kappa shape index (κ1) is 13.9. The molecule has 0 saturated carbocycles. The molecule has 0 bridgehead atoms. The highest BCUT2D eigenvalue weighted by Crippen LogP contribution is 2.26. The van der Waals surface area contributed by atoms with Gasteiger partial charge < -0.3 is 9.47 Å². The molecule has 0 aliphatic heterocycles. The highest BCUT2D eigenvalue weighted by Gasteiger charge is 2.17. The van der Waals surface area contributed by atoms with E-state index < -0.39 is 0 Å². The van der Waals surface area contributed by atoms with Gasteiger partial charge in [0.1, 0.15) is 5.75 Å². The first-order valence-electron chi connectivity index (χ1n) is 6.35. The molecule has 1 aromatic carbocycles. The predicted molar refractivity (Wildman–Crippen MR) is 82.5 cm³/mol. The number of methoxy groups -OCH3 is 1. The third-order valence-corrected chi connectivity index (χ3v) is 3.98. The second-order valence-corrected chi connectivity index (χ2v) is 5.33. The minimum Gasteiger partial charge on any atom is -0.497 e. The molecule has 0 fully saturated rings. The zero-order valence-electron chi connectivity index (χ0n) is 10.6. The Labute approximate surface area is 123 Å². The van der Waals surface area contributed by atoms with Crippen molar-refractivity contribution in [3.8, 4) is 5.75 Å². The Morgan fingerprint density at radius 3 is 2.67 bits per heavy atom. The molecule has 0 radical (unpaired) electrons. The van der Waals surface area contributed by atoms with Crippen LogP contribution in [0.1, 0.15) is 30.9 Å². The number of hydrogen-bond acceptors (Lipinski definition) is 2. The van der Waals surface area contributed by atoms with Gasteiger partial charge in [-0.05, 0) is 37.0 Å². The van der Waals surface area contributed by atoms with Crippen LogP contribution in [0.4, 0.5) is 0 Å². The summed E-state index contributed by atoms with van der Waals surface area (Å²) < 4.78 is 12.3. The molecule has 1 aromatic rings. The van der Waals surface area contributed by atoms with Gasteiger partial charge in [-0.25, -0.2) is 0 Å². The average Bonchev–Trinajstić information content (AvgIpc) is 2.46. The van der Waals surface area contributed by atoms with E-state index in [-0.39, 0.29) is 12.2 Å². The van der Waals surface area contributed by atoms with Gasteiger partial charge in [0, 0.05) is 4.43 Å². The molecule has 0 N–H and O–H groups in total. The van der Waals surface area contributed by atoms with Crippen LogP contribution in [-0.2, 0) is 4.74 Å². The molecule has 2 atom stereocenters. The van der Waals surface area contributed by atoms with Gasteiger partial charge in [0.2, 0.25) is 0 Å². The molecule has 98 valence electrons. The largest absolute Gasteiger partial charge is 0.497 e. The van der Waals surface area contributed by atoms with Gasteiger partial charge in [-0.1, -0.05) is 46.9 Å². The van der Waals surface area contributed by atoms with Crippen molar-refractivity contribution in [1.29, 1.82) is 0 Å². The zero-order chi connectivity index (χ0) is 12.8. The first-order chi connectivity index (χ1) is 8.83. The molecule has 0 saturated heterocycles. The van der Waals surface area contributed by atoms with Crippen molar-refractivity contribution in [3.63, 3.8) is 0 Å². The van der Waals surface area contributed by atoms with Crippen molar-refractivity contribution >= 4 is 22.6 Å².